The summed E-state index contributed by atoms with van der Waals surface area (Å²) in [5.41, 5.74) is 1.03. The molecule has 4 aromatic rings. The predicted octanol–water partition coefficient (Wildman–Crippen LogP) is 4.79. The van der Waals surface area contributed by atoms with Crippen LogP contribution in [0, 0.1) is 20.8 Å². The minimum atomic E-state index is -1.86. The van der Waals surface area contributed by atoms with Crippen molar-refractivity contribution in [1.82, 2.24) is 4.98 Å². The minimum absolute atomic E-state index is 0.00466. The number of anilines is 2. The number of carbonyl (C=O) groups is 3. The van der Waals surface area contributed by atoms with E-state index in [0.717, 1.165) is 22.5 Å². The topological polar surface area (TPSA) is 110 Å². The number of para-hydroxylation sites is 1. The van der Waals surface area contributed by atoms with E-state index < -0.39 is 28.8 Å². The molecule has 0 N–H and O–H groups in total. The van der Waals surface area contributed by atoms with Crippen LogP contribution >= 0.6 is 11.3 Å². The molecule has 1 atom stereocenters. The summed E-state index contributed by atoms with van der Waals surface area (Å²) >= 11 is 0.922. The van der Waals surface area contributed by atoms with Crippen molar-refractivity contribution < 1.29 is 23.5 Å². The van der Waals surface area contributed by atoms with Crippen LogP contribution in [0.3, 0.4) is 0 Å². The molecule has 40 heavy (non-hydrogen) atoms. The molecule has 0 aliphatic carbocycles. The number of hydrogen-bond acceptors (Lipinski definition) is 8. The number of carbonyl (C=O) groups excluding carboxylic acids is 3. The summed E-state index contributed by atoms with van der Waals surface area (Å²) in [5.74, 6) is -2.00. The molecule has 4 heterocycles. The van der Waals surface area contributed by atoms with Crippen molar-refractivity contribution in [2.45, 2.75) is 33.2 Å². The van der Waals surface area contributed by atoms with E-state index in [1.165, 1.54) is 11.0 Å². The first-order chi connectivity index (χ1) is 19.2. The number of aromatic nitrogens is 1. The number of aryl methyl sites for hydroxylation is 3. The quantitative estimate of drug-likeness (QED) is 0.257. The number of likely N-dealkylation sites (N-methyl/N-ethyl adjacent to an activating group) is 1. The van der Waals surface area contributed by atoms with Crippen LogP contribution in [0.1, 0.15) is 55.1 Å². The average Bonchev–Trinajstić information content (AvgIpc) is 3.52. The molecule has 0 radical (unpaired) electrons. The summed E-state index contributed by atoms with van der Waals surface area (Å²) in [7, 11) is 0. The number of hydrogen-bond donors (Lipinski definition) is 0. The zero-order chi connectivity index (χ0) is 28.5. The molecule has 2 aliphatic rings. The smallest absolute Gasteiger partial charge is 0.350 e. The molecular formula is C30H25N3O6S. The molecule has 2 aromatic carbocycles. The molecule has 2 aromatic heterocycles. The normalized spacial score (nSPS) is 17.6. The van der Waals surface area contributed by atoms with E-state index in [2.05, 4.69) is 11.6 Å². The van der Waals surface area contributed by atoms with Crippen LogP contribution in [-0.4, -0.2) is 35.9 Å². The van der Waals surface area contributed by atoms with Crippen LogP contribution in [0.25, 0.3) is 11.0 Å². The summed E-state index contributed by atoms with van der Waals surface area (Å²) < 4.78 is 11.4. The van der Waals surface area contributed by atoms with E-state index in [1.807, 2.05) is 20.8 Å². The van der Waals surface area contributed by atoms with Gasteiger partial charge >= 0.3 is 5.97 Å². The molecule has 1 unspecified atom stereocenters. The third kappa shape index (κ3) is 3.22. The molecule has 0 bridgehead atoms. The summed E-state index contributed by atoms with van der Waals surface area (Å²) in [6.45, 7) is 11.1. The van der Waals surface area contributed by atoms with Gasteiger partial charge in [0, 0.05) is 12.1 Å². The van der Waals surface area contributed by atoms with Crippen molar-refractivity contribution in [3.05, 3.63) is 97.9 Å². The van der Waals surface area contributed by atoms with Gasteiger partial charge < -0.3 is 14.1 Å². The number of esters is 1. The lowest BCUT2D eigenvalue weighted by Gasteiger charge is -2.32. The number of rotatable bonds is 5. The van der Waals surface area contributed by atoms with Gasteiger partial charge in [0.1, 0.15) is 17.1 Å². The first-order valence-corrected chi connectivity index (χ1v) is 13.6. The fourth-order valence-corrected chi connectivity index (χ4v) is 6.61. The van der Waals surface area contributed by atoms with Crippen molar-refractivity contribution >= 4 is 50.9 Å². The van der Waals surface area contributed by atoms with E-state index in [-0.39, 0.29) is 38.9 Å². The highest BCUT2D eigenvalue weighted by molar-refractivity contribution is 7.17. The fraction of sp³-hybridized carbons (Fsp3) is 0.233. The van der Waals surface area contributed by atoms with Gasteiger partial charge in [-0.1, -0.05) is 42.2 Å². The maximum absolute atomic E-state index is 14.5. The highest BCUT2D eigenvalue weighted by Crippen LogP contribution is 2.54. The number of benzene rings is 2. The van der Waals surface area contributed by atoms with Crippen molar-refractivity contribution in [2.75, 3.05) is 23.0 Å². The van der Waals surface area contributed by atoms with Gasteiger partial charge in [0.15, 0.2) is 16.1 Å². The fourth-order valence-electron chi connectivity index (χ4n) is 5.60. The Bertz CT molecular complexity index is 1850. The molecule has 6 rings (SSSR count). The average molecular weight is 556 g/mol. The van der Waals surface area contributed by atoms with Crippen molar-refractivity contribution in [2.24, 2.45) is 0 Å². The Morgan fingerprint density at radius 2 is 1.88 bits per heavy atom. The zero-order valence-corrected chi connectivity index (χ0v) is 23.2. The predicted molar refractivity (Wildman–Crippen MR) is 151 cm³/mol. The van der Waals surface area contributed by atoms with Crippen molar-refractivity contribution in [1.29, 1.82) is 0 Å². The Balaban J connectivity index is 1.70. The summed E-state index contributed by atoms with van der Waals surface area (Å²) in [6, 6.07) is 10.5. The molecule has 0 saturated heterocycles. The number of nitrogens with zero attached hydrogens (tertiary/aromatic N) is 3. The van der Waals surface area contributed by atoms with Gasteiger partial charge in [0.2, 0.25) is 5.76 Å². The van der Waals surface area contributed by atoms with Crippen LogP contribution in [0.5, 0.6) is 0 Å². The minimum Gasteiger partial charge on any atom is -0.457 e. The van der Waals surface area contributed by atoms with Crippen molar-refractivity contribution in [3.8, 4) is 0 Å². The van der Waals surface area contributed by atoms with E-state index in [4.69, 9.17) is 9.15 Å². The van der Waals surface area contributed by atoms with Gasteiger partial charge in [-0.25, -0.2) is 9.78 Å². The second-order valence-corrected chi connectivity index (χ2v) is 10.8. The largest absolute Gasteiger partial charge is 0.457 e. The molecule has 1 spiro atoms. The Morgan fingerprint density at radius 3 is 2.60 bits per heavy atom. The van der Waals surface area contributed by atoms with Crippen LogP contribution in [0.2, 0.25) is 0 Å². The third-order valence-corrected chi connectivity index (χ3v) is 8.67. The van der Waals surface area contributed by atoms with E-state index in [0.29, 0.717) is 23.5 Å². The third-order valence-electron chi connectivity index (χ3n) is 7.55. The van der Waals surface area contributed by atoms with Gasteiger partial charge in [-0.3, -0.25) is 19.3 Å². The lowest BCUT2D eigenvalue weighted by atomic mass is 9.84. The first kappa shape index (κ1) is 25.7. The first-order valence-electron chi connectivity index (χ1n) is 12.8. The number of fused-ring (bicyclic) bond motifs is 5. The molecule has 202 valence electrons. The van der Waals surface area contributed by atoms with Gasteiger partial charge in [-0.15, -0.1) is 0 Å². The second-order valence-electron chi connectivity index (χ2n) is 9.78. The molecule has 0 saturated carbocycles. The van der Waals surface area contributed by atoms with Gasteiger partial charge in [0.05, 0.1) is 22.3 Å². The van der Waals surface area contributed by atoms with Gasteiger partial charge in [-0.2, -0.15) is 0 Å². The Labute approximate surface area is 233 Å². The zero-order valence-electron chi connectivity index (χ0n) is 22.4. The molecule has 10 heteroatoms. The summed E-state index contributed by atoms with van der Waals surface area (Å²) in [6.07, 6.45) is 1.45. The Kier molecular flexibility index (Phi) is 5.77. The van der Waals surface area contributed by atoms with E-state index >= 15 is 0 Å². The monoisotopic (exact) mass is 555 g/mol. The maximum atomic E-state index is 14.5. The summed E-state index contributed by atoms with van der Waals surface area (Å²) in [5, 5.41) is 0.358. The lowest BCUT2D eigenvalue weighted by Crippen LogP contribution is -2.53. The number of ether oxygens (including phenoxy) is 1. The number of amides is 2. The standard InChI is InChI=1S/C30H25N3O6S/c1-6-12-38-27(36)25-17(5)31-29(40-25)33-26(35)24-22(23(34)18-13-15(3)16(4)14-21(18)39-24)30(33)19-10-8-9-11-20(19)32(7-2)28(30)37/h6,8-11,13-14H,1,7,12H2,2-5H3. The molecule has 2 amide bonds. The lowest BCUT2D eigenvalue weighted by molar-refractivity contribution is -0.121. The van der Waals surface area contributed by atoms with Crippen LogP contribution in [0.4, 0.5) is 10.8 Å². The molecule has 2 aliphatic heterocycles. The van der Waals surface area contributed by atoms with Crippen LogP contribution < -0.4 is 15.2 Å². The van der Waals surface area contributed by atoms with Crippen LogP contribution in [0.15, 0.2) is 58.3 Å². The molecule has 0 fully saturated rings. The molecular weight excluding hydrogens is 530 g/mol. The van der Waals surface area contributed by atoms with Gasteiger partial charge in [-0.05, 0) is 57.0 Å². The van der Waals surface area contributed by atoms with E-state index in [1.54, 1.807) is 48.2 Å². The highest BCUT2D eigenvalue weighted by atomic mass is 32.1. The molecule has 9 nitrogen and oxygen atoms in total. The van der Waals surface area contributed by atoms with Crippen LogP contribution in [-0.2, 0) is 15.1 Å². The Hall–Kier alpha value is -4.57. The summed E-state index contributed by atoms with van der Waals surface area (Å²) in [4.78, 5) is 63.3. The maximum Gasteiger partial charge on any atom is 0.350 e. The highest BCUT2D eigenvalue weighted by Gasteiger charge is 2.66. The number of thiazole rings is 1. The SMILES string of the molecule is C=CCOC(=O)c1sc(N2C(=O)c3oc4cc(C)c(C)cc4c(=O)c3C23C(=O)N(CC)c2ccccc23)nc1C. The van der Waals surface area contributed by atoms with Gasteiger partial charge in [0.25, 0.3) is 11.8 Å². The van der Waals surface area contributed by atoms with E-state index in [9.17, 15) is 19.2 Å². The Morgan fingerprint density at radius 1 is 1.15 bits per heavy atom. The second kappa shape index (κ2) is 8.99. The van der Waals surface area contributed by atoms with Crippen molar-refractivity contribution in [3.63, 3.8) is 0 Å².